The van der Waals surface area contributed by atoms with Gasteiger partial charge in [-0.2, -0.15) is 0 Å². The number of hydrogen-bond acceptors (Lipinski definition) is 5. The van der Waals surface area contributed by atoms with Gasteiger partial charge in [-0.15, -0.1) is 0 Å². The van der Waals surface area contributed by atoms with E-state index in [9.17, 15) is 24.0 Å². The molecule has 2 aromatic rings. The molecule has 0 aromatic heterocycles. The van der Waals surface area contributed by atoms with Gasteiger partial charge in [0.1, 0.15) is 5.54 Å². The number of nitrogens with one attached hydrogen (secondary N) is 2. The maximum Gasteiger partial charge on any atom is 0.262 e. The van der Waals surface area contributed by atoms with Gasteiger partial charge in [-0.1, -0.05) is 25.1 Å². The molecular formula is C24H23N3O5. The van der Waals surface area contributed by atoms with Crippen molar-refractivity contribution in [2.24, 2.45) is 0 Å². The number of piperidine rings is 1. The van der Waals surface area contributed by atoms with E-state index < -0.39 is 29.2 Å². The molecule has 2 heterocycles. The highest BCUT2D eigenvalue weighted by Gasteiger charge is 2.52. The standard InChI is InChI=1S/C24H23N3O5/c1-3-14-4-7-16(8-5-14)20(29)25-13-15-6-9-17-18(12-15)22(31)27(21(17)30)24(2)11-10-19(28)26-23(24)32/h4-9,12H,3,10-11,13H2,1-2H3,(H,25,29)(H,26,28,32). The van der Waals surface area contributed by atoms with Crippen molar-refractivity contribution in [2.75, 3.05) is 0 Å². The molecule has 0 bridgehead atoms. The van der Waals surface area contributed by atoms with E-state index >= 15 is 0 Å². The molecule has 8 nitrogen and oxygen atoms in total. The fourth-order valence-corrected chi connectivity index (χ4v) is 4.03. The molecule has 4 rings (SSSR count). The van der Waals surface area contributed by atoms with Gasteiger partial charge >= 0.3 is 0 Å². The number of carbonyl (C=O) groups excluding carboxylic acids is 5. The van der Waals surface area contributed by atoms with Gasteiger partial charge in [0.15, 0.2) is 0 Å². The summed E-state index contributed by atoms with van der Waals surface area (Å²) in [6.07, 6.45) is 1.01. The lowest BCUT2D eigenvalue weighted by Crippen LogP contribution is -2.62. The van der Waals surface area contributed by atoms with Crippen LogP contribution >= 0.6 is 0 Å². The van der Waals surface area contributed by atoms with E-state index in [0.29, 0.717) is 11.1 Å². The molecule has 1 fully saturated rings. The molecule has 0 radical (unpaired) electrons. The highest BCUT2D eigenvalue weighted by Crippen LogP contribution is 2.34. The number of fused-ring (bicyclic) bond motifs is 1. The van der Waals surface area contributed by atoms with Crippen LogP contribution in [0.4, 0.5) is 0 Å². The van der Waals surface area contributed by atoms with Crippen LogP contribution in [0.3, 0.4) is 0 Å². The molecule has 2 aromatic carbocycles. The predicted molar refractivity (Wildman–Crippen MR) is 115 cm³/mol. The van der Waals surface area contributed by atoms with Gasteiger partial charge in [0.25, 0.3) is 23.6 Å². The van der Waals surface area contributed by atoms with Gasteiger partial charge in [-0.25, -0.2) is 0 Å². The lowest BCUT2D eigenvalue weighted by molar-refractivity contribution is -0.140. The summed E-state index contributed by atoms with van der Waals surface area (Å²) in [4.78, 5) is 63.3. The van der Waals surface area contributed by atoms with Crippen LogP contribution in [0.1, 0.15) is 68.9 Å². The average molecular weight is 433 g/mol. The first-order valence-electron chi connectivity index (χ1n) is 10.5. The molecule has 5 amide bonds. The zero-order valence-corrected chi connectivity index (χ0v) is 17.9. The zero-order valence-electron chi connectivity index (χ0n) is 17.9. The Morgan fingerprint density at radius 3 is 2.31 bits per heavy atom. The molecule has 32 heavy (non-hydrogen) atoms. The molecule has 2 aliphatic heterocycles. The van der Waals surface area contributed by atoms with Gasteiger partial charge in [-0.3, -0.25) is 34.2 Å². The minimum Gasteiger partial charge on any atom is -0.348 e. The summed E-state index contributed by atoms with van der Waals surface area (Å²) < 4.78 is 0. The van der Waals surface area contributed by atoms with E-state index in [1.165, 1.54) is 13.0 Å². The molecule has 1 saturated heterocycles. The largest absolute Gasteiger partial charge is 0.348 e. The first kappa shape index (κ1) is 21.4. The maximum atomic E-state index is 13.1. The van der Waals surface area contributed by atoms with Crippen LogP contribution in [-0.4, -0.2) is 40.0 Å². The molecule has 164 valence electrons. The number of rotatable bonds is 5. The lowest BCUT2D eigenvalue weighted by Gasteiger charge is -2.38. The SMILES string of the molecule is CCc1ccc(C(=O)NCc2ccc3c(c2)C(=O)N(C2(C)CCC(=O)NC2=O)C3=O)cc1. The quantitative estimate of drug-likeness (QED) is 0.700. The van der Waals surface area contributed by atoms with Gasteiger partial charge in [0, 0.05) is 18.5 Å². The second-order valence-corrected chi connectivity index (χ2v) is 8.21. The molecule has 1 unspecified atom stereocenters. The molecule has 0 spiro atoms. The van der Waals surface area contributed by atoms with Crippen molar-refractivity contribution in [3.8, 4) is 0 Å². The van der Waals surface area contributed by atoms with Crippen LogP contribution in [0.15, 0.2) is 42.5 Å². The number of benzene rings is 2. The van der Waals surface area contributed by atoms with E-state index in [1.54, 1.807) is 24.3 Å². The van der Waals surface area contributed by atoms with E-state index in [4.69, 9.17) is 0 Å². The Labute approximate surface area is 185 Å². The number of nitrogens with zero attached hydrogens (tertiary/aromatic N) is 1. The van der Waals surface area contributed by atoms with Crippen LogP contribution in [0, 0.1) is 0 Å². The lowest BCUT2D eigenvalue weighted by atomic mass is 9.89. The number of carbonyl (C=O) groups is 5. The van der Waals surface area contributed by atoms with Crippen molar-refractivity contribution in [1.82, 2.24) is 15.5 Å². The minimum atomic E-state index is -1.43. The zero-order chi connectivity index (χ0) is 23.0. The van der Waals surface area contributed by atoms with Crippen LogP contribution in [-0.2, 0) is 22.6 Å². The second-order valence-electron chi connectivity index (χ2n) is 8.21. The maximum absolute atomic E-state index is 13.1. The number of imide groups is 2. The molecular weight excluding hydrogens is 410 g/mol. The number of amides is 5. The molecule has 0 aliphatic carbocycles. The van der Waals surface area contributed by atoms with Gasteiger partial charge < -0.3 is 5.32 Å². The molecule has 1 atom stereocenters. The summed E-state index contributed by atoms with van der Waals surface area (Å²) in [7, 11) is 0. The Balaban J connectivity index is 1.51. The smallest absolute Gasteiger partial charge is 0.262 e. The van der Waals surface area contributed by atoms with Gasteiger partial charge in [0.2, 0.25) is 5.91 Å². The van der Waals surface area contributed by atoms with Crippen molar-refractivity contribution in [3.63, 3.8) is 0 Å². The summed E-state index contributed by atoms with van der Waals surface area (Å²) in [5.74, 6) is -2.48. The molecule has 2 N–H and O–H groups in total. The van der Waals surface area contributed by atoms with Crippen LogP contribution < -0.4 is 10.6 Å². The Bertz CT molecular complexity index is 1150. The summed E-state index contributed by atoms with van der Waals surface area (Å²) in [6.45, 7) is 3.70. The Morgan fingerprint density at radius 2 is 1.66 bits per heavy atom. The van der Waals surface area contributed by atoms with Crippen molar-refractivity contribution in [3.05, 3.63) is 70.3 Å². The third kappa shape index (κ3) is 3.57. The topological polar surface area (TPSA) is 113 Å². The van der Waals surface area contributed by atoms with Crippen LogP contribution in [0.2, 0.25) is 0 Å². The van der Waals surface area contributed by atoms with Crippen molar-refractivity contribution in [1.29, 1.82) is 0 Å². The third-order valence-corrected chi connectivity index (χ3v) is 6.10. The highest BCUT2D eigenvalue weighted by atomic mass is 16.2. The van der Waals surface area contributed by atoms with Gasteiger partial charge in [0.05, 0.1) is 11.1 Å². The summed E-state index contributed by atoms with van der Waals surface area (Å²) in [5, 5.41) is 5.02. The fourth-order valence-electron chi connectivity index (χ4n) is 4.03. The third-order valence-electron chi connectivity index (χ3n) is 6.10. The van der Waals surface area contributed by atoms with Crippen molar-refractivity contribution in [2.45, 2.75) is 45.2 Å². The van der Waals surface area contributed by atoms with E-state index in [2.05, 4.69) is 10.6 Å². The van der Waals surface area contributed by atoms with E-state index in [0.717, 1.165) is 16.9 Å². The first-order valence-corrected chi connectivity index (χ1v) is 10.5. The summed E-state index contributed by atoms with van der Waals surface area (Å²) >= 11 is 0. The van der Waals surface area contributed by atoms with Crippen molar-refractivity contribution >= 4 is 29.5 Å². The fraction of sp³-hybridized carbons (Fsp3) is 0.292. The number of aryl methyl sites for hydroxylation is 1. The Morgan fingerprint density at radius 1 is 1.00 bits per heavy atom. The predicted octanol–water partition coefficient (Wildman–Crippen LogP) is 1.97. The second kappa shape index (κ2) is 8.03. The molecule has 2 aliphatic rings. The van der Waals surface area contributed by atoms with Crippen LogP contribution in [0.25, 0.3) is 0 Å². The summed E-state index contributed by atoms with van der Waals surface area (Å²) in [6, 6.07) is 12.1. The molecule has 8 heteroatoms. The average Bonchev–Trinajstić information content (AvgIpc) is 3.05. The van der Waals surface area contributed by atoms with E-state index in [-0.39, 0.29) is 36.4 Å². The normalized spacial score (nSPS) is 20.2. The van der Waals surface area contributed by atoms with Crippen molar-refractivity contribution < 1.29 is 24.0 Å². The molecule has 0 saturated carbocycles. The van der Waals surface area contributed by atoms with E-state index in [1.807, 2.05) is 19.1 Å². The highest BCUT2D eigenvalue weighted by molar-refractivity contribution is 6.24. The number of hydrogen-bond donors (Lipinski definition) is 2. The van der Waals surface area contributed by atoms with Crippen LogP contribution in [0.5, 0.6) is 0 Å². The van der Waals surface area contributed by atoms with Gasteiger partial charge in [-0.05, 0) is 55.2 Å². The summed E-state index contributed by atoms with van der Waals surface area (Å²) in [5.41, 5.74) is 1.27. The Kier molecular flexibility index (Phi) is 5.38. The minimum absolute atomic E-state index is 0.0478. The first-order chi connectivity index (χ1) is 15.2. The monoisotopic (exact) mass is 433 g/mol. The Hall–Kier alpha value is -3.81.